The molecule has 7 heteroatoms. The van der Waals surface area contributed by atoms with Crippen LogP contribution in [-0.4, -0.2) is 56.3 Å². The third-order valence-electron chi connectivity index (χ3n) is 3.63. The zero-order valence-electron chi connectivity index (χ0n) is 12.8. The summed E-state index contributed by atoms with van der Waals surface area (Å²) in [5, 5.41) is 0. The van der Waals surface area contributed by atoms with Gasteiger partial charge in [0.2, 0.25) is 0 Å². The van der Waals surface area contributed by atoms with Crippen LogP contribution in [-0.2, 0) is 19.7 Å². The first kappa shape index (κ1) is 17.4. The molecule has 1 saturated heterocycles. The van der Waals surface area contributed by atoms with Crippen LogP contribution in [0.1, 0.15) is 33.6 Å². The minimum absolute atomic E-state index is 0.0858. The van der Waals surface area contributed by atoms with Gasteiger partial charge in [-0.15, -0.1) is 0 Å². The average Bonchev–Trinajstić information content (AvgIpc) is 2.37. The van der Waals surface area contributed by atoms with Crippen molar-refractivity contribution in [3.05, 3.63) is 0 Å². The zero-order chi connectivity index (χ0) is 15.3. The number of methoxy groups -OCH3 is 1. The summed E-state index contributed by atoms with van der Waals surface area (Å²) in [7, 11) is -2.18. The molecule has 0 aliphatic carbocycles. The van der Waals surface area contributed by atoms with E-state index in [1.54, 1.807) is 11.2 Å². The van der Waals surface area contributed by atoms with Crippen molar-refractivity contribution in [3.8, 4) is 0 Å². The summed E-state index contributed by atoms with van der Waals surface area (Å²) in [4.78, 5) is 11.2. The van der Waals surface area contributed by atoms with E-state index in [0.29, 0.717) is 31.5 Å². The first-order chi connectivity index (χ1) is 9.31. The molecule has 1 rings (SSSR count). The Labute approximate surface area is 122 Å². The number of nitrogens with zero attached hydrogens (tertiary/aromatic N) is 2. The quantitative estimate of drug-likeness (QED) is 0.689. The molecule has 0 spiro atoms. The number of esters is 1. The van der Waals surface area contributed by atoms with E-state index in [1.807, 2.05) is 0 Å². The van der Waals surface area contributed by atoms with Gasteiger partial charge in [-0.3, -0.25) is 4.79 Å². The maximum Gasteiger partial charge on any atom is 0.306 e. The number of carbonyl (C=O) groups is 1. The number of hydrogen-bond donors (Lipinski definition) is 0. The minimum Gasteiger partial charge on any atom is -0.469 e. The SMILES string of the molecule is CCN(CCC(=O)OC)S(=O)(=O)N1CC(C)CC(C)C1. The summed E-state index contributed by atoms with van der Waals surface area (Å²) >= 11 is 0. The van der Waals surface area contributed by atoms with Crippen molar-refractivity contribution in [2.24, 2.45) is 11.8 Å². The van der Waals surface area contributed by atoms with Crippen molar-refractivity contribution in [2.45, 2.75) is 33.6 Å². The molecule has 0 radical (unpaired) electrons. The van der Waals surface area contributed by atoms with Crippen LogP contribution in [0.25, 0.3) is 0 Å². The molecule has 118 valence electrons. The Hall–Kier alpha value is -0.660. The Morgan fingerprint density at radius 1 is 1.30 bits per heavy atom. The third kappa shape index (κ3) is 4.43. The van der Waals surface area contributed by atoms with Gasteiger partial charge in [0, 0.05) is 26.2 Å². The fourth-order valence-corrected chi connectivity index (χ4v) is 4.57. The maximum absolute atomic E-state index is 12.6. The highest BCUT2D eigenvalue weighted by atomic mass is 32.2. The van der Waals surface area contributed by atoms with E-state index < -0.39 is 10.2 Å². The van der Waals surface area contributed by atoms with Crippen LogP contribution >= 0.6 is 0 Å². The lowest BCUT2D eigenvalue weighted by Crippen LogP contribution is -2.50. The van der Waals surface area contributed by atoms with Crippen LogP contribution < -0.4 is 0 Å². The van der Waals surface area contributed by atoms with Crippen molar-refractivity contribution in [2.75, 3.05) is 33.3 Å². The lowest BCUT2D eigenvalue weighted by atomic mass is 9.94. The minimum atomic E-state index is -3.49. The third-order valence-corrected chi connectivity index (χ3v) is 5.68. The lowest BCUT2D eigenvalue weighted by molar-refractivity contribution is -0.140. The summed E-state index contributed by atoms with van der Waals surface area (Å²) in [6.07, 6.45) is 1.14. The lowest BCUT2D eigenvalue weighted by Gasteiger charge is -2.36. The fourth-order valence-electron chi connectivity index (χ4n) is 2.71. The normalized spacial score (nSPS) is 24.9. The van der Waals surface area contributed by atoms with Gasteiger partial charge in [0.05, 0.1) is 13.5 Å². The zero-order valence-corrected chi connectivity index (χ0v) is 13.6. The molecule has 0 aromatic carbocycles. The van der Waals surface area contributed by atoms with Crippen molar-refractivity contribution in [1.82, 2.24) is 8.61 Å². The molecule has 6 nitrogen and oxygen atoms in total. The second kappa shape index (κ2) is 7.38. The molecule has 0 saturated carbocycles. The maximum atomic E-state index is 12.6. The fraction of sp³-hybridized carbons (Fsp3) is 0.923. The van der Waals surface area contributed by atoms with Crippen molar-refractivity contribution in [1.29, 1.82) is 0 Å². The molecule has 1 fully saturated rings. The summed E-state index contributed by atoms with van der Waals surface area (Å²) in [5.41, 5.74) is 0. The molecule has 0 aromatic heterocycles. The van der Waals surface area contributed by atoms with Gasteiger partial charge in [-0.1, -0.05) is 20.8 Å². The second-order valence-corrected chi connectivity index (χ2v) is 7.52. The molecular weight excluding hydrogens is 280 g/mol. The van der Waals surface area contributed by atoms with Gasteiger partial charge in [0.1, 0.15) is 0 Å². The molecule has 0 bridgehead atoms. The van der Waals surface area contributed by atoms with Crippen molar-refractivity contribution in [3.63, 3.8) is 0 Å². The predicted molar refractivity (Wildman–Crippen MR) is 77.3 cm³/mol. The topological polar surface area (TPSA) is 66.9 Å². The van der Waals surface area contributed by atoms with Crippen LogP contribution in [0.3, 0.4) is 0 Å². The number of ether oxygens (including phenoxy) is 1. The molecule has 2 unspecified atom stereocenters. The van der Waals surface area contributed by atoms with Crippen molar-refractivity contribution < 1.29 is 17.9 Å². The first-order valence-electron chi connectivity index (χ1n) is 7.13. The molecule has 2 atom stereocenters. The number of hydrogen-bond acceptors (Lipinski definition) is 4. The van der Waals surface area contributed by atoms with Gasteiger partial charge < -0.3 is 4.74 Å². The number of rotatable bonds is 6. The van der Waals surface area contributed by atoms with Gasteiger partial charge in [0.25, 0.3) is 10.2 Å². The monoisotopic (exact) mass is 306 g/mol. The summed E-state index contributed by atoms with van der Waals surface area (Å²) < 4.78 is 32.7. The molecular formula is C13H26N2O4S. The Morgan fingerprint density at radius 2 is 1.85 bits per heavy atom. The first-order valence-corrected chi connectivity index (χ1v) is 8.53. The molecule has 0 N–H and O–H groups in total. The molecule has 0 amide bonds. The van der Waals surface area contributed by atoms with Crippen LogP contribution in [0, 0.1) is 11.8 Å². The highest BCUT2D eigenvalue weighted by molar-refractivity contribution is 7.86. The number of piperidine rings is 1. The van der Waals surface area contributed by atoms with Gasteiger partial charge in [-0.2, -0.15) is 17.0 Å². The molecule has 1 aliphatic rings. The Kier molecular flexibility index (Phi) is 6.42. The van der Waals surface area contributed by atoms with Gasteiger partial charge in [0.15, 0.2) is 0 Å². The molecule has 0 aromatic rings. The molecule has 20 heavy (non-hydrogen) atoms. The number of carbonyl (C=O) groups excluding carboxylic acids is 1. The van der Waals surface area contributed by atoms with Gasteiger partial charge in [-0.05, 0) is 18.3 Å². The Balaban J connectivity index is 2.75. The average molecular weight is 306 g/mol. The van der Waals surface area contributed by atoms with Gasteiger partial charge >= 0.3 is 5.97 Å². The van der Waals surface area contributed by atoms with Gasteiger partial charge in [-0.25, -0.2) is 0 Å². The smallest absolute Gasteiger partial charge is 0.306 e. The standard InChI is InChI=1S/C13H26N2O4S/c1-5-14(7-6-13(16)19-4)20(17,18)15-9-11(2)8-12(3)10-15/h11-12H,5-10H2,1-4H3. The highest BCUT2D eigenvalue weighted by Gasteiger charge is 2.34. The van der Waals surface area contributed by atoms with Crippen LogP contribution in [0.4, 0.5) is 0 Å². The van der Waals surface area contributed by atoms with Crippen LogP contribution in [0.15, 0.2) is 0 Å². The summed E-state index contributed by atoms with van der Waals surface area (Å²) in [6.45, 7) is 7.57. The van der Waals surface area contributed by atoms with E-state index in [4.69, 9.17) is 0 Å². The Bertz CT molecular complexity index is 414. The van der Waals surface area contributed by atoms with Crippen LogP contribution in [0.5, 0.6) is 0 Å². The van der Waals surface area contributed by atoms with E-state index in [2.05, 4.69) is 18.6 Å². The molecule has 1 aliphatic heterocycles. The highest BCUT2D eigenvalue weighted by Crippen LogP contribution is 2.24. The second-order valence-electron chi connectivity index (χ2n) is 5.59. The largest absolute Gasteiger partial charge is 0.469 e. The van der Waals surface area contributed by atoms with E-state index in [1.165, 1.54) is 11.4 Å². The molecule has 1 heterocycles. The van der Waals surface area contributed by atoms with Crippen LogP contribution in [0.2, 0.25) is 0 Å². The Morgan fingerprint density at radius 3 is 2.30 bits per heavy atom. The van der Waals surface area contributed by atoms with E-state index in [9.17, 15) is 13.2 Å². The van der Waals surface area contributed by atoms with E-state index in [0.717, 1.165) is 6.42 Å². The van der Waals surface area contributed by atoms with Crippen molar-refractivity contribution >= 4 is 16.2 Å². The summed E-state index contributed by atoms with van der Waals surface area (Å²) in [6, 6.07) is 0. The van der Waals surface area contributed by atoms with E-state index >= 15 is 0 Å². The predicted octanol–water partition coefficient (Wildman–Crippen LogP) is 1.09. The summed E-state index contributed by atoms with van der Waals surface area (Å²) in [5.74, 6) is 0.347. The van der Waals surface area contributed by atoms with E-state index in [-0.39, 0.29) is 18.9 Å².